The highest BCUT2D eigenvalue weighted by molar-refractivity contribution is 9.10. The molecule has 3 heterocycles. The molecule has 0 aliphatic carbocycles. The zero-order chi connectivity index (χ0) is 26.6. The Labute approximate surface area is 232 Å². The highest BCUT2D eigenvalue weighted by Gasteiger charge is 2.20. The Balaban J connectivity index is 1.30. The van der Waals surface area contributed by atoms with Gasteiger partial charge in [-0.25, -0.2) is 19.7 Å². The van der Waals surface area contributed by atoms with Gasteiger partial charge in [-0.1, -0.05) is 24.3 Å². The van der Waals surface area contributed by atoms with Gasteiger partial charge in [-0.3, -0.25) is 4.90 Å². The molecule has 1 aliphatic rings. The first-order chi connectivity index (χ1) is 18.6. The third-order valence-corrected chi connectivity index (χ3v) is 7.12. The number of carboxylic acid groups (broad SMARTS) is 1. The van der Waals surface area contributed by atoms with Crippen LogP contribution < -0.4 is 15.4 Å². The molecule has 0 saturated heterocycles. The molecule has 1 aliphatic heterocycles. The van der Waals surface area contributed by atoms with Crippen molar-refractivity contribution in [3.05, 3.63) is 70.7 Å². The molecule has 1 atom stereocenters. The number of unbranched alkanes of at least 4 members (excludes halogenated alkanes) is 1. The van der Waals surface area contributed by atoms with Crippen LogP contribution in [0.2, 0.25) is 0 Å². The van der Waals surface area contributed by atoms with Crippen molar-refractivity contribution in [3.63, 3.8) is 0 Å². The van der Waals surface area contributed by atoms with Crippen LogP contribution in [0.15, 0.2) is 59.5 Å². The molecule has 0 bridgehead atoms. The van der Waals surface area contributed by atoms with E-state index < -0.39 is 12.0 Å². The van der Waals surface area contributed by atoms with Crippen molar-refractivity contribution >= 4 is 33.5 Å². The van der Waals surface area contributed by atoms with Crippen LogP contribution in [0.1, 0.15) is 36.9 Å². The average Bonchev–Trinajstić information content (AvgIpc) is 2.94. The second-order valence-electron chi connectivity index (χ2n) is 9.34. The average molecular weight is 584 g/mol. The number of benzene rings is 1. The zero-order valence-corrected chi connectivity index (χ0v) is 23.1. The molecule has 10 heteroatoms. The number of para-hydroxylation sites is 1. The van der Waals surface area contributed by atoms with Gasteiger partial charge in [0.2, 0.25) is 0 Å². The van der Waals surface area contributed by atoms with E-state index in [1.165, 1.54) is 11.9 Å². The van der Waals surface area contributed by atoms with Crippen LogP contribution in [0.5, 0.6) is 5.75 Å². The highest BCUT2D eigenvalue weighted by Crippen LogP contribution is 2.21. The van der Waals surface area contributed by atoms with Crippen molar-refractivity contribution in [1.29, 1.82) is 0 Å². The lowest BCUT2D eigenvalue weighted by Crippen LogP contribution is -2.37. The molecule has 0 amide bonds. The Morgan fingerprint density at radius 2 is 2.03 bits per heavy atom. The molecular formula is C28H35BrN6O3. The fourth-order valence-electron chi connectivity index (χ4n) is 4.45. The maximum atomic E-state index is 12.0. The molecule has 0 radical (unpaired) electrons. The standard InChI is InChI=1S/C28H35BrN6O3/c29-24-19-30-20-32-27(24)34-25(28(36)37)13-16-35(17-18-38-23-9-2-1-3-10-23)15-5-4-8-22-12-11-21-7-6-14-31-26(21)33-22/h1-3,9-12,19-20,25H,4-8,13-18H2,(H,31,33)(H,36,37)(H,30,32,34)/t25-/m0/s1. The number of nitrogens with zero attached hydrogens (tertiary/aromatic N) is 4. The molecule has 2 aromatic heterocycles. The second kappa shape index (κ2) is 14.6. The monoisotopic (exact) mass is 582 g/mol. The number of fused-ring (bicyclic) bond motifs is 1. The number of hydrogen-bond acceptors (Lipinski definition) is 8. The molecule has 3 aromatic rings. The lowest BCUT2D eigenvalue weighted by Gasteiger charge is -2.25. The highest BCUT2D eigenvalue weighted by atomic mass is 79.9. The fourth-order valence-corrected chi connectivity index (χ4v) is 4.78. The number of ether oxygens (including phenoxy) is 1. The van der Waals surface area contributed by atoms with Gasteiger partial charge in [-0.2, -0.15) is 0 Å². The molecule has 3 N–H and O–H groups in total. The van der Waals surface area contributed by atoms with Gasteiger partial charge in [-0.15, -0.1) is 0 Å². The predicted octanol–water partition coefficient (Wildman–Crippen LogP) is 4.65. The Hall–Kier alpha value is -3.24. The van der Waals surface area contributed by atoms with Crippen molar-refractivity contribution in [1.82, 2.24) is 19.9 Å². The quantitative estimate of drug-likeness (QED) is 0.220. The van der Waals surface area contributed by atoms with Gasteiger partial charge in [0, 0.05) is 31.5 Å². The number of nitrogens with one attached hydrogen (secondary N) is 2. The zero-order valence-electron chi connectivity index (χ0n) is 21.5. The molecule has 0 saturated carbocycles. The number of hydrogen-bond donors (Lipinski definition) is 3. The molecular weight excluding hydrogens is 548 g/mol. The number of carboxylic acids is 1. The maximum Gasteiger partial charge on any atom is 0.326 e. The lowest BCUT2D eigenvalue weighted by molar-refractivity contribution is -0.138. The number of aliphatic carboxylic acids is 1. The summed E-state index contributed by atoms with van der Waals surface area (Å²) in [4.78, 5) is 27.1. The first-order valence-electron chi connectivity index (χ1n) is 13.2. The van der Waals surface area contributed by atoms with E-state index in [2.05, 4.69) is 53.6 Å². The third-order valence-electron chi connectivity index (χ3n) is 6.54. The van der Waals surface area contributed by atoms with Gasteiger partial charge in [-0.05, 0) is 84.8 Å². The summed E-state index contributed by atoms with van der Waals surface area (Å²) in [5, 5.41) is 16.2. The van der Waals surface area contributed by atoms with Gasteiger partial charge in [0.15, 0.2) is 0 Å². The summed E-state index contributed by atoms with van der Waals surface area (Å²) in [5.74, 6) is 1.43. The minimum absolute atomic E-state index is 0.426. The van der Waals surface area contributed by atoms with Gasteiger partial charge in [0.25, 0.3) is 0 Å². The van der Waals surface area contributed by atoms with E-state index in [-0.39, 0.29) is 0 Å². The summed E-state index contributed by atoms with van der Waals surface area (Å²) in [6.07, 6.45) is 8.58. The van der Waals surface area contributed by atoms with Crippen LogP contribution in [0.4, 0.5) is 11.6 Å². The normalized spacial score (nSPS) is 13.4. The number of rotatable bonds is 15. The third kappa shape index (κ3) is 8.66. The first-order valence-corrected chi connectivity index (χ1v) is 14.0. The first kappa shape index (κ1) is 27.8. The number of aryl methyl sites for hydroxylation is 2. The van der Waals surface area contributed by atoms with Crippen LogP contribution in [0.3, 0.4) is 0 Å². The Bertz CT molecular complexity index is 1170. The number of anilines is 2. The summed E-state index contributed by atoms with van der Waals surface area (Å²) < 4.78 is 6.55. The molecule has 0 spiro atoms. The predicted molar refractivity (Wildman–Crippen MR) is 152 cm³/mol. The smallest absolute Gasteiger partial charge is 0.326 e. The number of aromatic nitrogens is 3. The van der Waals surface area contributed by atoms with E-state index in [9.17, 15) is 9.90 Å². The maximum absolute atomic E-state index is 12.0. The van der Waals surface area contributed by atoms with E-state index in [4.69, 9.17) is 9.72 Å². The van der Waals surface area contributed by atoms with Crippen molar-refractivity contribution in [3.8, 4) is 5.75 Å². The van der Waals surface area contributed by atoms with Crippen molar-refractivity contribution in [2.75, 3.05) is 43.4 Å². The van der Waals surface area contributed by atoms with E-state index in [0.717, 1.165) is 62.5 Å². The summed E-state index contributed by atoms with van der Waals surface area (Å²) in [7, 11) is 0. The van der Waals surface area contributed by atoms with Crippen LogP contribution in [-0.2, 0) is 17.6 Å². The van der Waals surface area contributed by atoms with Crippen LogP contribution >= 0.6 is 15.9 Å². The van der Waals surface area contributed by atoms with Gasteiger partial charge in [0.1, 0.15) is 36.4 Å². The van der Waals surface area contributed by atoms with Gasteiger partial charge >= 0.3 is 5.97 Å². The largest absolute Gasteiger partial charge is 0.492 e. The number of carbonyl (C=O) groups is 1. The summed E-state index contributed by atoms with van der Waals surface area (Å²) in [5.41, 5.74) is 2.42. The van der Waals surface area contributed by atoms with Crippen molar-refractivity contribution < 1.29 is 14.6 Å². The Kier molecular flexibility index (Phi) is 10.7. The molecule has 0 unspecified atom stereocenters. The van der Waals surface area contributed by atoms with E-state index in [0.29, 0.717) is 36.4 Å². The molecule has 0 fully saturated rings. The fraction of sp³-hybridized carbons (Fsp3) is 0.429. The minimum atomic E-state index is -0.914. The van der Waals surface area contributed by atoms with Gasteiger partial charge < -0.3 is 20.5 Å². The van der Waals surface area contributed by atoms with E-state index >= 15 is 0 Å². The van der Waals surface area contributed by atoms with Crippen molar-refractivity contribution in [2.45, 2.75) is 44.6 Å². The lowest BCUT2D eigenvalue weighted by atomic mass is 10.1. The molecule has 202 valence electrons. The summed E-state index contributed by atoms with van der Waals surface area (Å²) in [6, 6.07) is 13.3. The van der Waals surface area contributed by atoms with E-state index in [1.54, 1.807) is 6.20 Å². The van der Waals surface area contributed by atoms with Crippen molar-refractivity contribution in [2.24, 2.45) is 0 Å². The molecule has 9 nitrogen and oxygen atoms in total. The van der Waals surface area contributed by atoms with Crippen LogP contribution in [-0.4, -0.2) is 69.8 Å². The Morgan fingerprint density at radius 3 is 2.84 bits per heavy atom. The second-order valence-corrected chi connectivity index (χ2v) is 10.2. The minimum Gasteiger partial charge on any atom is -0.492 e. The van der Waals surface area contributed by atoms with Gasteiger partial charge in [0.05, 0.1) is 4.47 Å². The summed E-state index contributed by atoms with van der Waals surface area (Å²) in [6.45, 7) is 3.70. The molecule has 4 rings (SSSR count). The SMILES string of the molecule is O=C(O)[C@H](CCN(CCCCc1ccc2c(n1)NCCC2)CCOc1ccccc1)Nc1ncncc1Br. The topological polar surface area (TPSA) is 112 Å². The molecule has 1 aromatic carbocycles. The van der Waals surface area contributed by atoms with E-state index in [1.807, 2.05) is 30.3 Å². The molecule has 38 heavy (non-hydrogen) atoms. The van der Waals surface area contributed by atoms with Crippen LogP contribution in [0.25, 0.3) is 0 Å². The summed E-state index contributed by atoms with van der Waals surface area (Å²) >= 11 is 3.38. The number of halogens is 1. The Morgan fingerprint density at radius 1 is 1.16 bits per heavy atom. The number of pyridine rings is 1. The van der Waals surface area contributed by atoms with Crippen LogP contribution in [0, 0.1) is 0 Å².